The van der Waals surface area contributed by atoms with Gasteiger partial charge in [0.25, 0.3) is 0 Å². The lowest BCUT2D eigenvalue weighted by atomic mass is 9.86. The molecule has 2 aromatic rings. The van der Waals surface area contributed by atoms with Crippen molar-refractivity contribution >= 4 is 17.3 Å². The van der Waals surface area contributed by atoms with Crippen LogP contribution in [0.4, 0.5) is 0 Å². The second-order valence-corrected chi connectivity index (χ2v) is 6.86. The Hall–Kier alpha value is -1.88. The molecule has 0 aliphatic rings. The Balaban J connectivity index is 2.11. The van der Waals surface area contributed by atoms with Gasteiger partial charge in [-0.3, -0.25) is 4.99 Å². The van der Waals surface area contributed by atoms with Gasteiger partial charge >= 0.3 is 0 Å². The van der Waals surface area contributed by atoms with Gasteiger partial charge in [0, 0.05) is 18.0 Å². The average Bonchev–Trinajstić information content (AvgIpc) is 2.93. The van der Waals surface area contributed by atoms with Gasteiger partial charge in [-0.05, 0) is 11.0 Å². The number of hydrogen-bond donors (Lipinski definition) is 2. The zero-order valence-electron chi connectivity index (χ0n) is 13.0. The lowest BCUT2D eigenvalue weighted by Crippen LogP contribution is -2.30. The van der Waals surface area contributed by atoms with E-state index in [0.717, 1.165) is 16.3 Å². The summed E-state index contributed by atoms with van der Waals surface area (Å²) >= 11 is 1.62. The molecule has 21 heavy (non-hydrogen) atoms. The smallest absolute Gasteiger partial charge is 0.188 e. The number of guanidine groups is 1. The highest BCUT2D eigenvalue weighted by molar-refractivity contribution is 7.09. The normalized spacial score (nSPS) is 12.5. The summed E-state index contributed by atoms with van der Waals surface area (Å²) < 4.78 is 0. The average molecular weight is 302 g/mol. The third kappa shape index (κ3) is 4.04. The molecule has 1 aromatic carbocycles. The molecular weight excluding hydrogens is 280 g/mol. The Morgan fingerprint density at radius 2 is 1.95 bits per heavy atom. The van der Waals surface area contributed by atoms with E-state index in [-0.39, 0.29) is 5.41 Å². The summed E-state index contributed by atoms with van der Waals surface area (Å²) in [6.45, 7) is 7.25. The standard InChI is InChI=1S/C16H22N4S/c1-16(2,3)12-7-5-11(6-8-12)13-10-21-14(20-13)9-19-15(17)18-4/h5-8,10H,9H2,1-4H3,(H3,17,18,19). The molecule has 1 heterocycles. The fourth-order valence-corrected chi connectivity index (χ4v) is 2.65. The topological polar surface area (TPSA) is 63.3 Å². The van der Waals surface area contributed by atoms with Crippen molar-refractivity contribution in [1.29, 1.82) is 0 Å². The minimum Gasteiger partial charge on any atom is -0.370 e. The number of aliphatic imine (C=N–C) groups is 1. The van der Waals surface area contributed by atoms with Crippen LogP contribution in [0.3, 0.4) is 0 Å². The van der Waals surface area contributed by atoms with Crippen molar-refractivity contribution in [2.75, 3.05) is 7.05 Å². The van der Waals surface area contributed by atoms with Crippen LogP contribution in [0.2, 0.25) is 0 Å². The number of thiazole rings is 1. The molecule has 0 saturated heterocycles. The van der Waals surface area contributed by atoms with E-state index in [4.69, 9.17) is 5.73 Å². The molecule has 0 spiro atoms. The molecule has 0 bridgehead atoms. The molecule has 2 rings (SSSR count). The quantitative estimate of drug-likeness (QED) is 0.676. The van der Waals surface area contributed by atoms with Crippen LogP contribution in [0.15, 0.2) is 34.6 Å². The zero-order chi connectivity index (χ0) is 15.5. The van der Waals surface area contributed by atoms with Crippen LogP contribution in [0.1, 0.15) is 31.3 Å². The van der Waals surface area contributed by atoms with Crippen molar-refractivity contribution in [2.24, 2.45) is 10.7 Å². The van der Waals surface area contributed by atoms with E-state index in [2.05, 4.69) is 65.7 Å². The molecule has 3 N–H and O–H groups in total. The Morgan fingerprint density at radius 3 is 2.52 bits per heavy atom. The van der Waals surface area contributed by atoms with Gasteiger partial charge in [0.15, 0.2) is 5.96 Å². The summed E-state index contributed by atoms with van der Waals surface area (Å²) in [5, 5.41) is 6.09. The summed E-state index contributed by atoms with van der Waals surface area (Å²) in [6, 6.07) is 8.62. The van der Waals surface area contributed by atoms with E-state index in [1.54, 1.807) is 18.4 Å². The second-order valence-electron chi connectivity index (χ2n) is 5.92. The molecular formula is C16H22N4S. The summed E-state index contributed by atoms with van der Waals surface area (Å²) in [6.07, 6.45) is 0. The monoisotopic (exact) mass is 302 g/mol. The van der Waals surface area contributed by atoms with Crippen LogP contribution < -0.4 is 11.1 Å². The number of aromatic nitrogens is 1. The lowest BCUT2D eigenvalue weighted by Gasteiger charge is -2.18. The number of benzene rings is 1. The minimum atomic E-state index is 0.173. The Labute approximate surface area is 130 Å². The van der Waals surface area contributed by atoms with E-state index in [0.29, 0.717) is 12.5 Å². The molecule has 0 radical (unpaired) electrons. The molecule has 0 aliphatic heterocycles. The van der Waals surface area contributed by atoms with Crippen LogP contribution in [0.25, 0.3) is 11.3 Å². The summed E-state index contributed by atoms with van der Waals surface area (Å²) in [5.41, 5.74) is 9.26. The summed E-state index contributed by atoms with van der Waals surface area (Å²) in [4.78, 5) is 8.49. The summed E-state index contributed by atoms with van der Waals surface area (Å²) in [7, 11) is 1.66. The predicted octanol–water partition coefficient (Wildman–Crippen LogP) is 3.14. The Kier molecular flexibility index (Phi) is 4.63. The molecule has 0 amide bonds. The number of hydrogen-bond acceptors (Lipinski definition) is 3. The maximum Gasteiger partial charge on any atom is 0.188 e. The fraction of sp³-hybridized carbons (Fsp3) is 0.375. The molecule has 0 unspecified atom stereocenters. The highest BCUT2D eigenvalue weighted by Crippen LogP contribution is 2.26. The van der Waals surface area contributed by atoms with Gasteiger partial charge in [-0.2, -0.15) is 0 Å². The third-order valence-corrected chi connectivity index (χ3v) is 4.11. The van der Waals surface area contributed by atoms with E-state index < -0.39 is 0 Å². The van der Waals surface area contributed by atoms with Crippen molar-refractivity contribution in [3.63, 3.8) is 0 Å². The minimum absolute atomic E-state index is 0.173. The SMILES string of the molecule is CN=C(N)NCc1nc(-c2ccc(C(C)(C)C)cc2)cs1. The molecule has 112 valence electrons. The van der Waals surface area contributed by atoms with Gasteiger partial charge in [-0.25, -0.2) is 4.98 Å². The lowest BCUT2D eigenvalue weighted by molar-refractivity contribution is 0.590. The molecule has 0 atom stereocenters. The molecule has 0 saturated carbocycles. The number of rotatable bonds is 3. The highest BCUT2D eigenvalue weighted by Gasteiger charge is 2.13. The van der Waals surface area contributed by atoms with Crippen molar-refractivity contribution in [3.8, 4) is 11.3 Å². The predicted molar refractivity (Wildman–Crippen MR) is 90.6 cm³/mol. The van der Waals surface area contributed by atoms with E-state index in [1.165, 1.54) is 5.56 Å². The maximum atomic E-state index is 5.61. The molecule has 0 aliphatic carbocycles. The van der Waals surface area contributed by atoms with E-state index in [1.807, 2.05) is 0 Å². The van der Waals surface area contributed by atoms with Crippen LogP contribution in [-0.4, -0.2) is 18.0 Å². The number of nitrogens with zero attached hydrogens (tertiary/aromatic N) is 2. The maximum absolute atomic E-state index is 5.61. The molecule has 1 aromatic heterocycles. The fourth-order valence-electron chi connectivity index (χ4n) is 1.91. The van der Waals surface area contributed by atoms with Gasteiger partial charge in [0.2, 0.25) is 0 Å². The van der Waals surface area contributed by atoms with Crippen molar-refractivity contribution in [1.82, 2.24) is 10.3 Å². The van der Waals surface area contributed by atoms with Gasteiger partial charge < -0.3 is 11.1 Å². The van der Waals surface area contributed by atoms with Gasteiger partial charge in [-0.15, -0.1) is 11.3 Å². The van der Waals surface area contributed by atoms with Crippen LogP contribution in [-0.2, 0) is 12.0 Å². The summed E-state index contributed by atoms with van der Waals surface area (Å²) in [5.74, 6) is 0.432. The first-order valence-corrected chi connectivity index (χ1v) is 7.79. The highest BCUT2D eigenvalue weighted by atomic mass is 32.1. The molecule has 4 nitrogen and oxygen atoms in total. The van der Waals surface area contributed by atoms with E-state index >= 15 is 0 Å². The third-order valence-electron chi connectivity index (χ3n) is 3.26. The van der Waals surface area contributed by atoms with Crippen LogP contribution in [0, 0.1) is 0 Å². The molecule has 5 heteroatoms. The second kappa shape index (κ2) is 6.26. The number of nitrogens with two attached hydrogens (primary N) is 1. The zero-order valence-corrected chi connectivity index (χ0v) is 13.8. The largest absolute Gasteiger partial charge is 0.370 e. The van der Waals surface area contributed by atoms with Crippen molar-refractivity contribution in [2.45, 2.75) is 32.7 Å². The molecule has 0 fully saturated rings. The van der Waals surface area contributed by atoms with E-state index in [9.17, 15) is 0 Å². The number of nitrogens with one attached hydrogen (secondary N) is 1. The van der Waals surface area contributed by atoms with Crippen LogP contribution in [0.5, 0.6) is 0 Å². The van der Waals surface area contributed by atoms with Crippen molar-refractivity contribution in [3.05, 3.63) is 40.2 Å². The first kappa shape index (κ1) is 15.5. The van der Waals surface area contributed by atoms with Crippen molar-refractivity contribution < 1.29 is 0 Å². The van der Waals surface area contributed by atoms with Crippen LogP contribution >= 0.6 is 11.3 Å². The van der Waals surface area contributed by atoms with Gasteiger partial charge in [0.1, 0.15) is 5.01 Å². The van der Waals surface area contributed by atoms with Gasteiger partial charge in [0.05, 0.1) is 12.2 Å². The Bertz CT molecular complexity index is 620. The van der Waals surface area contributed by atoms with Gasteiger partial charge in [-0.1, -0.05) is 45.0 Å². The first-order chi connectivity index (χ1) is 9.90. The first-order valence-electron chi connectivity index (χ1n) is 6.91. The Morgan fingerprint density at radius 1 is 1.29 bits per heavy atom.